The number of fused-ring (bicyclic) bond motifs is 1. The number of hydrogen-bond acceptors (Lipinski definition) is 12. The molecule has 5 aromatic rings. The molecule has 0 aliphatic rings. The van der Waals surface area contributed by atoms with E-state index < -0.39 is 15.6 Å². The molecule has 15 nitrogen and oxygen atoms in total. The number of nitriles is 1. The van der Waals surface area contributed by atoms with Crippen LogP contribution in [-0.2, 0) is 10.0 Å². The quantitative estimate of drug-likeness (QED) is 0.198. The molecule has 3 heterocycles. The average molecular weight is 572 g/mol. The number of aryl methyl sites for hydroxylation is 1. The fourth-order valence-corrected chi connectivity index (χ4v) is 4.64. The van der Waals surface area contributed by atoms with E-state index in [-0.39, 0.29) is 45.1 Å². The number of hydrogen-bond donors (Lipinski definition) is 4. The van der Waals surface area contributed by atoms with E-state index in [0.29, 0.717) is 17.1 Å². The normalized spacial score (nSPS) is 11.4. The molecule has 0 radical (unpaired) electrons. The van der Waals surface area contributed by atoms with Gasteiger partial charge in [-0.3, -0.25) is 9.89 Å². The molecule has 5 rings (SSSR count). The van der Waals surface area contributed by atoms with E-state index in [4.69, 9.17) is 10.5 Å². The van der Waals surface area contributed by atoms with Gasteiger partial charge in [0.05, 0.1) is 17.7 Å². The first kappa shape index (κ1) is 26.8. The Morgan fingerprint density at radius 3 is 2.46 bits per heavy atom. The molecule has 16 heteroatoms. The largest absolute Gasteiger partial charge is 0.497 e. The van der Waals surface area contributed by atoms with Crippen molar-refractivity contribution >= 4 is 50.3 Å². The average Bonchev–Trinajstić information content (AvgIpc) is 3.26. The second kappa shape index (κ2) is 10.7. The van der Waals surface area contributed by atoms with Crippen molar-refractivity contribution in [1.82, 2.24) is 24.6 Å². The third-order valence-corrected chi connectivity index (χ3v) is 7.04. The zero-order valence-electron chi connectivity index (χ0n) is 21.5. The monoisotopic (exact) mass is 571 g/mol. The first-order valence-electron chi connectivity index (χ1n) is 11.8. The van der Waals surface area contributed by atoms with Crippen LogP contribution in [0.1, 0.15) is 11.3 Å². The molecule has 0 aliphatic heterocycles. The number of benzene rings is 2. The number of anilines is 4. The third-order valence-electron chi connectivity index (χ3n) is 5.69. The number of nitrogens with zero attached hydrogens (tertiary/aromatic N) is 7. The maximum atomic E-state index is 12.8. The summed E-state index contributed by atoms with van der Waals surface area (Å²) < 4.78 is 34.1. The van der Waals surface area contributed by atoms with Gasteiger partial charge in [-0.05, 0) is 61.5 Å². The molecule has 0 unspecified atom stereocenters. The minimum atomic E-state index is -3.96. The number of H-pyrrole nitrogens is 1. The Bertz CT molecular complexity index is 1990. The Kier molecular flexibility index (Phi) is 7.02. The standard InChI is InChI=1S/C25H21N11O4S/c1-14-11-12-28-25(29-14)35-41(38,39)18-9-5-16(6-10-18)32-33-20-23-31-21(27)19(13-26)22(36(23)34-24(20)37)30-15-3-7-17(40-2)8-4-15/h3-12,30H,1-2H3,(H2,27,31)(H,34,37)(H,28,29,35). The molecule has 0 spiro atoms. The molecule has 2 aromatic carbocycles. The molecular formula is C25H21N11O4S. The highest BCUT2D eigenvalue weighted by Gasteiger charge is 2.20. The first-order chi connectivity index (χ1) is 19.7. The number of sulfonamides is 1. The van der Waals surface area contributed by atoms with E-state index in [0.717, 1.165) is 0 Å². The van der Waals surface area contributed by atoms with Gasteiger partial charge in [0.1, 0.15) is 23.2 Å². The van der Waals surface area contributed by atoms with Gasteiger partial charge in [-0.1, -0.05) is 0 Å². The highest BCUT2D eigenvalue weighted by molar-refractivity contribution is 7.92. The third kappa shape index (κ3) is 5.51. The summed E-state index contributed by atoms with van der Waals surface area (Å²) in [6, 6.07) is 16.0. The maximum absolute atomic E-state index is 12.8. The van der Waals surface area contributed by atoms with Gasteiger partial charge in [-0.15, -0.1) is 5.11 Å². The number of methoxy groups -OCH3 is 1. The molecule has 0 atom stereocenters. The van der Waals surface area contributed by atoms with Crippen LogP contribution in [-0.4, -0.2) is 40.1 Å². The van der Waals surface area contributed by atoms with Gasteiger partial charge in [0.2, 0.25) is 5.95 Å². The molecule has 0 amide bonds. The van der Waals surface area contributed by atoms with Crippen molar-refractivity contribution in [2.24, 2.45) is 10.2 Å². The van der Waals surface area contributed by atoms with Crippen LogP contribution in [0, 0.1) is 18.3 Å². The molecule has 206 valence electrons. The Morgan fingerprint density at radius 1 is 1.07 bits per heavy atom. The number of nitrogen functional groups attached to an aromatic ring is 1. The molecule has 0 saturated carbocycles. The van der Waals surface area contributed by atoms with Crippen LogP contribution in [0.5, 0.6) is 5.75 Å². The van der Waals surface area contributed by atoms with E-state index >= 15 is 0 Å². The van der Waals surface area contributed by atoms with Gasteiger partial charge in [0.15, 0.2) is 17.2 Å². The smallest absolute Gasteiger partial charge is 0.294 e. The molecule has 3 aromatic heterocycles. The SMILES string of the molecule is COc1ccc(Nc2c(C#N)c(N)nc3c(N=Nc4ccc(S(=O)(=O)Nc5nccc(C)n5)cc4)c(=O)[nH]n23)cc1. The maximum Gasteiger partial charge on any atom is 0.294 e. The topological polar surface area (TPSA) is 218 Å². The van der Waals surface area contributed by atoms with Crippen LogP contribution in [0.2, 0.25) is 0 Å². The van der Waals surface area contributed by atoms with E-state index in [9.17, 15) is 18.5 Å². The van der Waals surface area contributed by atoms with Gasteiger partial charge in [-0.25, -0.2) is 32.6 Å². The molecule has 5 N–H and O–H groups in total. The Morgan fingerprint density at radius 2 is 1.80 bits per heavy atom. The lowest BCUT2D eigenvalue weighted by atomic mass is 10.2. The van der Waals surface area contributed by atoms with Crippen LogP contribution in [0.3, 0.4) is 0 Å². The number of ether oxygens (including phenoxy) is 1. The Balaban J connectivity index is 1.44. The molecule has 0 saturated heterocycles. The highest BCUT2D eigenvalue weighted by Crippen LogP contribution is 2.29. The molecule has 0 aliphatic carbocycles. The lowest BCUT2D eigenvalue weighted by Crippen LogP contribution is -2.15. The van der Waals surface area contributed by atoms with E-state index in [2.05, 4.69) is 40.3 Å². The summed E-state index contributed by atoms with van der Waals surface area (Å²) >= 11 is 0. The van der Waals surface area contributed by atoms with Crippen molar-refractivity contribution in [3.05, 3.63) is 82.4 Å². The summed E-state index contributed by atoms with van der Waals surface area (Å²) in [5.74, 6) is 0.618. The van der Waals surface area contributed by atoms with Gasteiger partial charge in [-0.2, -0.15) is 10.4 Å². The predicted octanol–water partition coefficient (Wildman–Crippen LogP) is 3.54. The molecule has 0 fully saturated rings. The van der Waals surface area contributed by atoms with Crippen LogP contribution < -0.4 is 26.1 Å². The molecule has 41 heavy (non-hydrogen) atoms. The van der Waals surface area contributed by atoms with Crippen molar-refractivity contribution in [3.63, 3.8) is 0 Å². The zero-order valence-corrected chi connectivity index (χ0v) is 22.3. The van der Waals surface area contributed by atoms with Crippen molar-refractivity contribution in [3.8, 4) is 11.8 Å². The van der Waals surface area contributed by atoms with Gasteiger partial charge >= 0.3 is 0 Å². The molecule has 0 bridgehead atoms. The summed E-state index contributed by atoms with van der Waals surface area (Å²) in [7, 11) is -2.42. The summed E-state index contributed by atoms with van der Waals surface area (Å²) in [4.78, 5) is 24.9. The van der Waals surface area contributed by atoms with E-state index in [1.807, 2.05) is 6.07 Å². The van der Waals surface area contributed by atoms with Crippen molar-refractivity contribution in [2.75, 3.05) is 22.9 Å². The van der Waals surface area contributed by atoms with Crippen molar-refractivity contribution in [1.29, 1.82) is 5.26 Å². The zero-order chi connectivity index (χ0) is 29.1. The fraction of sp³-hybridized carbons (Fsp3) is 0.0800. The first-order valence-corrected chi connectivity index (χ1v) is 13.3. The van der Waals surface area contributed by atoms with Gasteiger partial charge < -0.3 is 15.8 Å². The highest BCUT2D eigenvalue weighted by atomic mass is 32.2. The summed E-state index contributed by atoms with van der Waals surface area (Å²) in [5, 5.41) is 23.4. The number of rotatable bonds is 8. The lowest BCUT2D eigenvalue weighted by Gasteiger charge is -2.12. The van der Waals surface area contributed by atoms with Crippen LogP contribution in [0.25, 0.3) is 5.65 Å². The summed E-state index contributed by atoms with van der Waals surface area (Å²) in [6.07, 6.45) is 1.44. The number of nitrogens with one attached hydrogen (secondary N) is 3. The van der Waals surface area contributed by atoms with E-state index in [1.54, 1.807) is 44.4 Å². The van der Waals surface area contributed by atoms with Crippen LogP contribution >= 0.6 is 0 Å². The minimum absolute atomic E-state index is 0.00419. The van der Waals surface area contributed by atoms with Gasteiger partial charge in [0.25, 0.3) is 15.6 Å². The molecular weight excluding hydrogens is 550 g/mol. The lowest BCUT2D eigenvalue weighted by molar-refractivity contribution is 0.415. The van der Waals surface area contributed by atoms with Gasteiger partial charge in [0, 0.05) is 17.6 Å². The fourth-order valence-electron chi connectivity index (χ4n) is 3.69. The second-order valence-corrected chi connectivity index (χ2v) is 10.1. The van der Waals surface area contributed by atoms with Crippen molar-refractivity contribution < 1.29 is 13.2 Å². The number of azo groups is 1. The van der Waals surface area contributed by atoms with Crippen LogP contribution in [0.15, 0.2) is 80.7 Å². The summed E-state index contributed by atoms with van der Waals surface area (Å²) in [5.41, 5.74) is 6.69. The second-order valence-electron chi connectivity index (χ2n) is 8.46. The summed E-state index contributed by atoms with van der Waals surface area (Å²) in [6.45, 7) is 1.71. The van der Waals surface area contributed by atoms with Crippen LogP contribution in [0.4, 0.5) is 34.6 Å². The Hall–Kier alpha value is -5.82. The number of nitrogens with two attached hydrogens (primary N) is 1. The minimum Gasteiger partial charge on any atom is -0.497 e. The number of aromatic amines is 1. The van der Waals surface area contributed by atoms with E-state index in [1.165, 1.54) is 35.0 Å². The Labute approximate surface area is 232 Å². The van der Waals surface area contributed by atoms with Crippen molar-refractivity contribution in [2.45, 2.75) is 11.8 Å². The number of aromatic nitrogens is 5. The predicted molar refractivity (Wildman–Crippen MR) is 149 cm³/mol.